The van der Waals surface area contributed by atoms with Gasteiger partial charge in [0.1, 0.15) is 5.84 Å². The molecule has 0 amide bonds. The molecule has 0 unspecified atom stereocenters. The second-order valence-electron chi connectivity index (χ2n) is 4.50. The lowest BCUT2D eigenvalue weighted by molar-refractivity contribution is 0.314. The molecule has 16 heavy (non-hydrogen) atoms. The van der Waals surface area contributed by atoms with Crippen molar-refractivity contribution in [3.63, 3.8) is 0 Å². The summed E-state index contributed by atoms with van der Waals surface area (Å²) in [6.07, 6.45) is 6.35. The van der Waals surface area contributed by atoms with Crippen molar-refractivity contribution in [1.82, 2.24) is 5.32 Å². The molecule has 5 heteroatoms. The third-order valence-electron chi connectivity index (χ3n) is 3.05. The van der Waals surface area contributed by atoms with Gasteiger partial charge in [0, 0.05) is 25.1 Å². The Morgan fingerprint density at radius 3 is 3.00 bits per heavy atom. The van der Waals surface area contributed by atoms with Crippen molar-refractivity contribution in [1.29, 1.82) is 0 Å². The maximum absolute atomic E-state index is 8.53. The molecule has 0 atom stereocenters. The Labute approximate surface area is 94.3 Å². The van der Waals surface area contributed by atoms with E-state index in [4.69, 9.17) is 15.4 Å². The zero-order chi connectivity index (χ0) is 11.4. The zero-order valence-electron chi connectivity index (χ0n) is 9.15. The number of hydrogen-bond donors (Lipinski definition) is 3. The summed E-state index contributed by atoms with van der Waals surface area (Å²) in [4.78, 5) is 0. The summed E-state index contributed by atoms with van der Waals surface area (Å²) in [5.41, 5.74) is 6.87. The molecule has 0 aliphatic heterocycles. The molecule has 1 aromatic rings. The number of nitrogens with one attached hydrogen (secondary N) is 1. The lowest BCUT2D eigenvalue weighted by Gasteiger charge is -2.14. The van der Waals surface area contributed by atoms with E-state index in [-0.39, 0.29) is 5.41 Å². The molecule has 0 aromatic carbocycles. The van der Waals surface area contributed by atoms with Gasteiger partial charge in [-0.15, -0.1) is 0 Å². The van der Waals surface area contributed by atoms with Crippen LogP contribution in [-0.4, -0.2) is 17.6 Å². The van der Waals surface area contributed by atoms with E-state index in [1.54, 1.807) is 12.5 Å². The van der Waals surface area contributed by atoms with Crippen LogP contribution in [0.5, 0.6) is 0 Å². The van der Waals surface area contributed by atoms with Gasteiger partial charge in [-0.25, -0.2) is 0 Å². The van der Waals surface area contributed by atoms with Gasteiger partial charge in [-0.2, -0.15) is 0 Å². The molecule has 88 valence electrons. The van der Waals surface area contributed by atoms with Crippen LogP contribution < -0.4 is 11.1 Å². The lowest BCUT2D eigenvalue weighted by Crippen LogP contribution is -2.28. The van der Waals surface area contributed by atoms with E-state index in [1.807, 2.05) is 6.07 Å². The quantitative estimate of drug-likeness (QED) is 0.293. The van der Waals surface area contributed by atoms with Crippen molar-refractivity contribution in [3.8, 4) is 0 Å². The monoisotopic (exact) mass is 223 g/mol. The Bertz CT molecular complexity index is 355. The molecule has 1 saturated carbocycles. The molecular formula is C11H17N3O2. The molecule has 1 aliphatic rings. The van der Waals surface area contributed by atoms with Crippen molar-refractivity contribution >= 4 is 5.84 Å². The zero-order valence-corrected chi connectivity index (χ0v) is 9.15. The van der Waals surface area contributed by atoms with Gasteiger partial charge in [0.25, 0.3) is 0 Å². The van der Waals surface area contributed by atoms with Gasteiger partial charge >= 0.3 is 0 Å². The van der Waals surface area contributed by atoms with Crippen molar-refractivity contribution < 1.29 is 9.62 Å². The topological polar surface area (TPSA) is 83.8 Å². The van der Waals surface area contributed by atoms with Crippen molar-refractivity contribution in [2.75, 3.05) is 6.54 Å². The molecule has 1 aliphatic carbocycles. The van der Waals surface area contributed by atoms with Crippen LogP contribution in [0.25, 0.3) is 0 Å². The summed E-state index contributed by atoms with van der Waals surface area (Å²) in [6, 6.07) is 1.94. The summed E-state index contributed by atoms with van der Waals surface area (Å²) >= 11 is 0. The average Bonchev–Trinajstić information content (AvgIpc) is 2.83. The van der Waals surface area contributed by atoms with Gasteiger partial charge in [0.15, 0.2) is 0 Å². The minimum absolute atomic E-state index is 0.208. The summed E-state index contributed by atoms with van der Waals surface area (Å²) in [5, 5.41) is 14.9. The van der Waals surface area contributed by atoms with E-state index in [0.717, 1.165) is 31.5 Å². The number of furan rings is 1. The number of amidine groups is 1. The highest BCUT2D eigenvalue weighted by atomic mass is 16.4. The fraction of sp³-hybridized carbons (Fsp3) is 0.545. The molecule has 0 bridgehead atoms. The van der Waals surface area contributed by atoms with E-state index >= 15 is 0 Å². The van der Waals surface area contributed by atoms with Crippen LogP contribution in [0.1, 0.15) is 24.8 Å². The Balaban J connectivity index is 1.73. The van der Waals surface area contributed by atoms with Gasteiger partial charge in [-0.1, -0.05) is 5.16 Å². The predicted molar refractivity (Wildman–Crippen MR) is 60.1 cm³/mol. The fourth-order valence-corrected chi connectivity index (χ4v) is 1.88. The number of oxime groups is 1. The Hall–Kier alpha value is -1.49. The summed E-state index contributed by atoms with van der Waals surface area (Å²) in [7, 11) is 0. The molecule has 0 radical (unpaired) electrons. The maximum Gasteiger partial charge on any atom is 0.139 e. The third kappa shape index (κ3) is 2.76. The first-order valence-electron chi connectivity index (χ1n) is 5.42. The van der Waals surface area contributed by atoms with Crippen LogP contribution >= 0.6 is 0 Å². The molecule has 1 heterocycles. The fourth-order valence-electron chi connectivity index (χ4n) is 1.88. The second kappa shape index (κ2) is 4.57. The van der Waals surface area contributed by atoms with Gasteiger partial charge in [-0.3, -0.25) is 0 Å². The van der Waals surface area contributed by atoms with Gasteiger partial charge < -0.3 is 20.7 Å². The standard InChI is InChI=1S/C11H17N3O2/c12-10(14-15)5-11(2-3-11)8-13-6-9-1-4-16-7-9/h1,4,7,13,15H,2-3,5-6,8H2,(H2,12,14). The molecule has 1 aromatic heterocycles. The average molecular weight is 223 g/mol. The van der Waals surface area contributed by atoms with E-state index in [1.165, 1.54) is 0 Å². The Kier molecular flexibility index (Phi) is 3.14. The highest BCUT2D eigenvalue weighted by Gasteiger charge is 2.42. The van der Waals surface area contributed by atoms with Crippen LogP contribution in [0.3, 0.4) is 0 Å². The van der Waals surface area contributed by atoms with E-state index < -0.39 is 0 Å². The van der Waals surface area contributed by atoms with Crippen LogP contribution in [0.2, 0.25) is 0 Å². The lowest BCUT2D eigenvalue weighted by atomic mass is 10.0. The molecule has 5 nitrogen and oxygen atoms in total. The second-order valence-corrected chi connectivity index (χ2v) is 4.50. The van der Waals surface area contributed by atoms with E-state index in [0.29, 0.717) is 12.3 Å². The first-order valence-corrected chi connectivity index (χ1v) is 5.42. The van der Waals surface area contributed by atoms with E-state index in [2.05, 4.69) is 10.5 Å². The van der Waals surface area contributed by atoms with Crippen molar-refractivity contribution in [2.24, 2.45) is 16.3 Å². The maximum atomic E-state index is 8.53. The number of nitrogens with zero attached hydrogens (tertiary/aromatic N) is 1. The Morgan fingerprint density at radius 1 is 1.62 bits per heavy atom. The van der Waals surface area contributed by atoms with Crippen LogP contribution in [-0.2, 0) is 6.54 Å². The van der Waals surface area contributed by atoms with Gasteiger partial charge in [-0.05, 0) is 24.3 Å². The predicted octanol–water partition coefficient (Wildman–Crippen LogP) is 1.29. The van der Waals surface area contributed by atoms with Crippen LogP contribution in [0.15, 0.2) is 28.2 Å². The first kappa shape index (κ1) is 11.0. The van der Waals surface area contributed by atoms with E-state index in [9.17, 15) is 0 Å². The summed E-state index contributed by atoms with van der Waals surface area (Å²) in [5.74, 6) is 0.322. The van der Waals surface area contributed by atoms with Gasteiger partial charge in [0.2, 0.25) is 0 Å². The summed E-state index contributed by atoms with van der Waals surface area (Å²) < 4.78 is 4.98. The van der Waals surface area contributed by atoms with Crippen LogP contribution in [0, 0.1) is 5.41 Å². The number of nitrogens with two attached hydrogens (primary N) is 1. The number of rotatable bonds is 6. The minimum atomic E-state index is 0.208. The smallest absolute Gasteiger partial charge is 0.139 e. The molecule has 0 spiro atoms. The van der Waals surface area contributed by atoms with Crippen LogP contribution in [0.4, 0.5) is 0 Å². The SMILES string of the molecule is N/C(CC1(CNCc2ccoc2)CC1)=N/O. The highest BCUT2D eigenvalue weighted by Crippen LogP contribution is 2.48. The normalized spacial score (nSPS) is 18.6. The Morgan fingerprint density at radius 2 is 2.44 bits per heavy atom. The minimum Gasteiger partial charge on any atom is -0.472 e. The summed E-state index contributed by atoms with van der Waals surface area (Å²) in [6.45, 7) is 1.70. The molecule has 2 rings (SSSR count). The molecular weight excluding hydrogens is 206 g/mol. The third-order valence-corrected chi connectivity index (χ3v) is 3.05. The first-order chi connectivity index (χ1) is 7.74. The molecule has 0 saturated heterocycles. The molecule has 1 fully saturated rings. The highest BCUT2D eigenvalue weighted by molar-refractivity contribution is 5.80. The molecule has 4 N–H and O–H groups in total. The number of hydrogen-bond acceptors (Lipinski definition) is 4. The van der Waals surface area contributed by atoms with Gasteiger partial charge in [0.05, 0.1) is 12.5 Å². The van der Waals surface area contributed by atoms with Crippen molar-refractivity contribution in [3.05, 3.63) is 24.2 Å². The van der Waals surface area contributed by atoms with Crippen molar-refractivity contribution in [2.45, 2.75) is 25.8 Å². The largest absolute Gasteiger partial charge is 0.472 e.